The number of nitrogens with zero attached hydrogens (tertiary/aromatic N) is 1. The fraction of sp³-hybridized carbons (Fsp3) is 0.190. The number of fused-ring (bicyclic) bond motifs is 1. The quantitative estimate of drug-likeness (QED) is 0.694. The molecule has 4 rings (SSSR count). The summed E-state index contributed by atoms with van der Waals surface area (Å²) in [5.74, 6) is -1.75. The molecule has 1 aliphatic rings. The van der Waals surface area contributed by atoms with Gasteiger partial charge in [0.2, 0.25) is 5.91 Å². The van der Waals surface area contributed by atoms with Gasteiger partial charge in [-0.25, -0.2) is 14.2 Å². The molecule has 0 fully saturated rings. The smallest absolute Gasteiger partial charge is 0.330 e. The van der Waals surface area contributed by atoms with Crippen LogP contribution in [0.5, 0.6) is 0 Å². The second-order valence-electron chi connectivity index (χ2n) is 6.89. The molecule has 0 radical (unpaired) electrons. The number of hydrogen-bond acceptors (Lipinski definition) is 4. The van der Waals surface area contributed by atoms with Gasteiger partial charge >= 0.3 is 5.97 Å². The van der Waals surface area contributed by atoms with E-state index in [0.717, 1.165) is 16.7 Å². The number of aromatic nitrogens is 1. The molecular weight excluding hydrogens is 379 g/mol. The van der Waals surface area contributed by atoms with Crippen molar-refractivity contribution in [3.63, 3.8) is 0 Å². The minimum Gasteiger partial charge on any atom is -0.479 e. The summed E-state index contributed by atoms with van der Waals surface area (Å²) in [6.45, 7) is 0. The zero-order valence-electron chi connectivity index (χ0n) is 14.8. The monoisotopic (exact) mass is 396 g/mol. The predicted molar refractivity (Wildman–Crippen MR) is 104 cm³/mol. The molecule has 0 atom stereocenters. The minimum absolute atomic E-state index is 0.0108. The van der Waals surface area contributed by atoms with Crippen molar-refractivity contribution < 1.29 is 19.1 Å². The number of carboxylic acid groups (broad SMARTS) is 1. The normalized spacial score (nSPS) is 14.5. The second kappa shape index (κ2) is 7.16. The van der Waals surface area contributed by atoms with E-state index in [0.29, 0.717) is 10.7 Å². The largest absolute Gasteiger partial charge is 0.479 e. The lowest BCUT2D eigenvalue weighted by Crippen LogP contribution is -2.55. The van der Waals surface area contributed by atoms with Crippen LogP contribution in [0.4, 0.5) is 4.39 Å². The van der Waals surface area contributed by atoms with Crippen molar-refractivity contribution in [3.8, 4) is 10.6 Å². The maximum atomic E-state index is 13.1. The van der Waals surface area contributed by atoms with E-state index in [-0.39, 0.29) is 31.0 Å². The van der Waals surface area contributed by atoms with E-state index in [1.165, 1.54) is 23.5 Å². The lowest BCUT2D eigenvalue weighted by Gasteiger charge is -2.25. The van der Waals surface area contributed by atoms with Gasteiger partial charge in [-0.3, -0.25) is 4.79 Å². The van der Waals surface area contributed by atoms with Gasteiger partial charge in [0, 0.05) is 23.8 Å². The number of halogens is 1. The highest BCUT2D eigenvalue weighted by Crippen LogP contribution is 2.31. The summed E-state index contributed by atoms with van der Waals surface area (Å²) in [6, 6.07) is 13.5. The Morgan fingerprint density at radius 2 is 1.75 bits per heavy atom. The molecule has 2 N–H and O–H groups in total. The molecule has 0 saturated carbocycles. The molecule has 0 unspecified atom stereocenters. The van der Waals surface area contributed by atoms with Crippen LogP contribution in [0, 0.1) is 5.82 Å². The standard InChI is InChI=1S/C21H17FN2O3S/c22-16-7-5-13(6-8-16)19-23-17(12-28-19)9-18(25)24-21(20(26)27)10-14-3-1-2-4-15(14)11-21/h1-8,12H,9-11H2,(H,24,25)(H,26,27). The van der Waals surface area contributed by atoms with Crippen molar-refractivity contribution >= 4 is 23.2 Å². The Morgan fingerprint density at radius 1 is 1.11 bits per heavy atom. The molecule has 142 valence electrons. The number of benzene rings is 2. The van der Waals surface area contributed by atoms with E-state index < -0.39 is 11.5 Å². The lowest BCUT2D eigenvalue weighted by atomic mass is 9.95. The maximum Gasteiger partial charge on any atom is 0.330 e. The molecule has 28 heavy (non-hydrogen) atoms. The summed E-state index contributed by atoms with van der Waals surface area (Å²) < 4.78 is 13.1. The van der Waals surface area contributed by atoms with Gasteiger partial charge in [-0.2, -0.15) is 0 Å². The summed E-state index contributed by atoms with van der Waals surface area (Å²) in [5, 5.41) is 14.9. The summed E-state index contributed by atoms with van der Waals surface area (Å²) >= 11 is 1.36. The van der Waals surface area contributed by atoms with Crippen LogP contribution in [0.15, 0.2) is 53.9 Å². The van der Waals surface area contributed by atoms with E-state index in [2.05, 4.69) is 10.3 Å². The molecule has 0 spiro atoms. The van der Waals surface area contributed by atoms with Crippen LogP contribution >= 0.6 is 11.3 Å². The SMILES string of the molecule is O=C(Cc1csc(-c2ccc(F)cc2)n1)NC1(C(=O)O)Cc2ccccc2C1. The van der Waals surface area contributed by atoms with Gasteiger partial charge in [-0.1, -0.05) is 24.3 Å². The molecule has 1 amide bonds. The Bertz CT molecular complexity index is 1020. The second-order valence-corrected chi connectivity index (χ2v) is 7.74. The summed E-state index contributed by atoms with van der Waals surface area (Å²) in [4.78, 5) is 28.9. The Labute approximate surface area is 164 Å². The van der Waals surface area contributed by atoms with Gasteiger partial charge in [0.1, 0.15) is 16.4 Å². The first-order valence-corrected chi connectivity index (χ1v) is 9.65. The number of hydrogen-bond donors (Lipinski definition) is 2. The molecule has 0 saturated heterocycles. The van der Waals surface area contributed by atoms with E-state index in [1.807, 2.05) is 24.3 Å². The van der Waals surface area contributed by atoms with Gasteiger partial charge in [-0.15, -0.1) is 11.3 Å². The number of aliphatic carboxylic acids is 1. The van der Waals surface area contributed by atoms with Crippen molar-refractivity contribution in [2.75, 3.05) is 0 Å². The minimum atomic E-state index is -1.32. The third-order valence-electron chi connectivity index (χ3n) is 4.88. The van der Waals surface area contributed by atoms with Crippen LogP contribution < -0.4 is 5.32 Å². The number of thiazole rings is 1. The first-order valence-electron chi connectivity index (χ1n) is 8.77. The van der Waals surface area contributed by atoms with Gasteiger partial charge in [0.15, 0.2) is 0 Å². The summed E-state index contributed by atoms with van der Waals surface area (Å²) in [5.41, 5.74) is 1.88. The van der Waals surface area contributed by atoms with Gasteiger partial charge in [-0.05, 0) is 35.4 Å². The maximum absolute atomic E-state index is 13.1. The Hall–Kier alpha value is -3.06. The number of carbonyl (C=O) groups excluding carboxylic acids is 1. The first-order chi connectivity index (χ1) is 13.4. The fourth-order valence-corrected chi connectivity index (χ4v) is 4.32. The Kier molecular flexibility index (Phi) is 4.68. The molecule has 7 heteroatoms. The first kappa shape index (κ1) is 18.3. The highest BCUT2D eigenvalue weighted by Gasteiger charge is 2.45. The van der Waals surface area contributed by atoms with E-state index in [1.54, 1.807) is 17.5 Å². The van der Waals surface area contributed by atoms with E-state index >= 15 is 0 Å². The molecule has 5 nitrogen and oxygen atoms in total. The van der Waals surface area contributed by atoms with Gasteiger partial charge in [0.25, 0.3) is 0 Å². The van der Waals surface area contributed by atoms with Crippen LogP contribution in [0.2, 0.25) is 0 Å². The van der Waals surface area contributed by atoms with Crippen molar-refractivity contribution in [3.05, 3.63) is 76.5 Å². The number of rotatable bonds is 5. The Balaban J connectivity index is 1.47. The zero-order chi connectivity index (χ0) is 19.7. The number of carboxylic acids is 1. The van der Waals surface area contributed by atoms with E-state index in [9.17, 15) is 19.1 Å². The molecule has 1 heterocycles. The van der Waals surface area contributed by atoms with E-state index in [4.69, 9.17) is 0 Å². The van der Waals surface area contributed by atoms with Crippen LogP contribution in [-0.4, -0.2) is 27.5 Å². The number of amides is 1. The van der Waals surface area contributed by atoms with Crippen LogP contribution in [0.1, 0.15) is 16.8 Å². The average molecular weight is 396 g/mol. The average Bonchev–Trinajstić information content (AvgIpc) is 3.27. The lowest BCUT2D eigenvalue weighted by molar-refractivity contribution is -0.147. The third kappa shape index (κ3) is 3.53. The topological polar surface area (TPSA) is 79.3 Å². The third-order valence-corrected chi connectivity index (χ3v) is 5.82. The molecule has 3 aromatic rings. The van der Waals surface area contributed by atoms with Crippen molar-refractivity contribution in [1.82, 2.24) is 10.3 Å². The fourth-order valence-electron chi connectivity index (χ4n) is 3.50. The van der Waals surface area contributed by atoms with Gasteiger partial charge in [0.05, 0.1) is 12.1 Å². The molecule has 1 aliphatic carbocycles. The van der Waals surface area contributed by atoms with Gasteiger partial charge < -0.3 is 10.4 Å². The van der Waals surface area contributed by atoms with Crippen molar-refractivity contribution in [1.29, 1.82) is 0 Å². The number of carbonyl (C=O) groups is 2. The summed E-state index contributed by atoms with van der Waals surface area (Å²) in [7, 11) is 0. The molecular formula is C21H17FN2O3S. The highest BCUT2D eigenvalue weighted by atomic mass is 32.1. The molecule has 1 aromatic heterocycles. The molecule has 0 aliphatic heterocycles. The van der Waals surface area contributed by atoms with Crippen LogP contribution in [0.3, 0.4) is 0 Å². The van der Waals surface area contributed by atoms with Crippen LogP contribution in [-0.2, 0) is 28.9 Å². The summed E-state index contributed by atoms with van der Waals surface area (Å²) in [6.07, 6.45) is 0.521. The Morgan fingerprint density at radius 3 is 2.36 bits per heavy atom. The number of nitrogens with one attached hydrogen (secondary N) is 1. The highest BCUT2D eigenvalue weighted by molar-refractivity contribution is 7.13. The zero-order valence-corrected chi connectivity index (χ0v) is 15.6. The van der Waals surface area contributed by atoms with Crippen LogP contribution in [0.25, 0.3) is 10.6 Å². The predicted octanol–water partition coefficient (Wildman–Crippen LogP) is 3.23. The molecule has 0 bridgehead atoms. The van der Waals surface area contributed by atoms with Crippen molar-refractivity contribution in [2.45, 2.75) is 24.8 Å². The van der Waals surface area contributed by atoms with Crippen molar-refractivity contribution in [2.24, 2.45) is 0 Å². The molecule has 2 aromatic carbocycles.